The number of likely N-dealkylation sites (tertiary alicyclic amines) is 1. The molecule has 4 heteroatoms. The van der Waals surface area contributed by atoms with Crippen molar-refractivity contribution in [2.45, 2.75) is 40.2 Å². The number of piperidine rings is 1. The van der Waals surface area contributed by atoms with Crippen molar-refractivity contribution in [3.63, 3.8) is 0 Å². The van der Waals surface area contributed by atoms with E-state index in [1.807, 2.05) is 18.2 Å². The highest BCUT2D eigenvalue weighted by Gasteiger charge is 2.26. The average molecular weight is 371 g/mol. The van der Waals surface area contributed by atoms with Gasteiger partial charge in [0.15, 0.2) is 0 Å². The molecule has 26 heavy (non-hydrogen) atoms. The van der Waals surface area contributed by atoms with Gasteiger partial charge in [0.2, 0.25) is 5.91 Å². The van der Waals surface area contributed by atoms with Gasteiger partial charge in [-0.05, 0) is 62.9 Å². The maximum absolute atomic E-state index is 12.9. The number of hydrogen-bond donors (Lipinski definition) is 1. The molecule has 1 amide bonds. The number of carbonyl (C=O) groups excluding carboxylic acids is 1. The summed E-state index contributed by atoms with van der Waals surface area (Å²) in [5.41, 5.74) is 5.56. The summed E-state index contributed by atoms with van der Waals surface area (Å²) in [6.45, 7) is 8.78. The van der Waals surface area contributed by atoms with E-state index < -0.39 is 0 Å². The Bertz CT molecular complexity index is 779. The molecule has 0 spiro atoms. The van der Waals surface area contributed by atoms with Gasteiger partial charge in [-0.15, -0.1) is 0 Å². The summed E-state index contributed by atoms with van der Waals surface area (Å²) in [6.07, 6.45) is 1.98. The van der Waals surface area contributed by atoms with E-state index in [4.69, 9.17) is 11.6 Å². The first-order valence-corrected chi connectivity index (χ1v) is 9.66. The minimum atomic E-state index is 0.0198. The third kappa shape index (κ3) is 4.46. The molecule has 1 aliphatic heterocycles. The Kier molecular flexibility index (Phi) is 6.00. The molecule has 1 saturated heterocycles. The number of nitrogens with one attached hydrogen (secondary N) is 1. The van der Waals surface area contributed by atoms with E-state index in [9.17, 15) is 4.79 Å². The van der Waals surface area contributed by atoms with Crippen LogP contribution in [0.1, 0.15) is 35.1 Å². The van der Waals surface area contributed by atoms with Crippen molar-refractivity contribution in [1.82, 2.24) is 4.90 Å². The lowest BCUT2D eigenvalue weighted by atomic mass is 9.96. The first kappa shape index (κ1) is 18.9. The quantitative estimate of drug-likeness (QED) is 0.810. The number of anilines is 1. The Morgan fingerprint density at radius 1 is 1.19 bits per heavy atom. The molecule has 0 aromatic heterocycles. The maximum Gasteiger partial charge on any atom is 0.228 e. The molecule has 1 N–H and O–H groups in total. The summed E-state index contributed by atoms with van der Waals surface area (Å²) < 4.78 is 0. The highest BCUT2D eigenvalue weighted by atomic mass is 35.5. The summed E-state index contributed by atoms with van der Waals surface area (Å²) in [4.78, 5) is 15.2. The molecule has 1 heterocycles. The topological polar surface area (TPSA) is 32.3 Å². The second-order valence-electron chi connectivity index (χ2n) is 7.43. The van der Waals surface area contributed by atoms with Gasteiger partial charge < -0.3 is 5.32 Å². The Morgan fingerprint density at radius 2 is 1.88 bits per heavy atom. The van der Waals surface area contributed by atoms with Crippen molar-refractivity contribution in [2.75, 3.05) is 18.4 Å². The molecular formula is C22H27ClN2O. The maximum atomic E-state index is 12.9. The number of hydrogen-bond acceptors (Lipinski definition) is 2. The van der Waals surface area contributed by atoms with Crippen LogP contribution in [0.15, 0.2) is 36.4 Å². The summed E-state index contributed by atoms with van der Waals surface area (Å²) in [5.74, 6) is 0.148. The van der Waals surface area contributed by atoms with Gasteiger partial charge in [0.1, 0.15) is 0 Å². The van der Waals surface area contributed by atoms with Crippen molar-refractivity contribution < 1.29 is 4.79 Å². The van der Waals surface area contributed by atoms with Gasteiger partial charge in [0.05, 0.1) is 5.92 Å². The minimum Gasteiger partial charge on any atom is -0.325 e. The molecule has 3 rings (SSSR count). The summed E-state index contributed by atoms with van der Waals surface area (Å²) >= 11 is 6.29. The Balaban J connectivity index is 1.66. The van der Waals surface area contributed by atoms with Crippen LogP contribution in [0.4, 0.5) is 5.69 Å². The minimum absolute atomic E-state index is 0.0198. The van der Waals surface area contributed by atoms with Gasteiger partial charge in [-0.2, -0.15) is 0 Å². The lowest BCUT2D eigenvalue weighted by Gasteiger charge is -2.32. The second kappa shape index (κ2) is 8.24. The molecule has 138 valence electrons. The molecule has 0 bridgehead atoms. The van der Waals surface area contributed by atoms with E-state index in [0.717, 1.165) is 59.9 Å². The number of amides is 1. The fraction of sp³-hybridized carbons (Fsp3) is 0.409. The standard InChI is InChI=1S/C22H27ClN2O/c1-15-11-16(2)21(17(3)12-15)24-22(26)19-8-6-10-25(14-19)13-18-7-4-5-9-20(18)23/h4-5,7,9,11-12,19H,6,8,10,13-14H2,1-3H3,(H,24,26)/t19-/m1/s1. The third-order valence-corrected chi connectivity index (χ3v) is 5.52. The summed E-state index contributed by atoms with van der Waals surface area (Å²) in [6, 6.07) is 12.2. The fourth-order valence-electron chi connectivity index (χ4n) is 3.88. The van der Waals surface area contributed by atoms with Crippen LogP contribution in [0.25, 0.3) is 0 Å². The molecule has 1 atom stereocenters. The zero-order chi connectivity index (χ0) is 18.7. The highest BCUT2D eigenvalue weighted by Crippen LogP contribution is 2.26. The summed E-state index contributed by atoms with van der Waals surface area (Å²) in [7, 11) is 0. The number of carbonyl (C=O) groups is 1. The van der Waals surface area contributed by atoms with Crippen LogP contribution >= 0.6 is 11.6 Å². The lowest BCUT2D eigenvalue weighted by Crippen LogP contribution is -2.40. The van der Waals surface area contributed by atoms with Crippen molar-refractivity contribution in [1.29, 1.82) is 0 Å². The molecular weight excluding hydrogens is 344 g/mol. The van der Waals surface area contributed by atoms with E-state index in [2.05, 4.69) is 49.2 Å². The van der Waals surface area contributed by atoms with Crippen molar-refractivity contribution >= 4 is 23.2 Å². The number of aryl methyl sites for hydroxylation is 3. The highest BCUT2D eigenvalue weighted by molar-refractivity contribution is 6.31. The van der Waals surface area contributed by atoms with Gasteiger partial charge in [-0.25, -0.2) is 0 Å². The SMILES string of the molecule is Cc1cc(C)c(NC(=O)[C@@H]2CCCN(Cc3ccccc3Cl)C2)c(C)c1. The van der Waals surface area contributed by atoms with Crippen molar-refractivity contribution in [3.05, 3.63) is 63.7 Å². The first-order chi connectivity index (χ1) is 12.4. The van der Waals surface area contributed by atoms with Crippen LogP contribution in [-0.4, -0.2) is 23.9 Å². The van der Waals surface area contributed by atoms with Gasteiger partial charge in [-0.1, -0.05) is 47.5 Å². The zero-order valence-electron chi connectivity index (χ0n) is 15.8. The Labute approximate surface area is 161 Å². The van der Waals surface area contributed by atoms with Crippen LogP contribution in [0.5, 0.6) is 0 Å². The second-order valence-corrected chi connectivity index (χ2v) is 7.84. The van der Waals surface area contributed by atoms with Crippen molar-refractivity contribution in [2.24, 2.45) is 5.92 Å². The largest absolute Gasteiger partial charge is 0.325 e. The Morgan fingerprint density at radius 3 is 2.58 bits per heavy atom. The van der Waals surface area contributed by atoms with E-state index in [0.29, 0.717) is 0 Å². The average Bonchev–Trinajstić information content (AvgIpc) is 2.60. The van der Waals surface area contributed by atoms with Crippen LogP contribution in [0.2, 0.25) is 5.02 Å². The monoisotopic (exact) mass is 370 g/mol. The zero-order valence-corrected chi connectivity index (χ0v) is 16.6. The van der Waals surface area contributed by atoms with E-state index in [1.54, 1.807) is 0 Å². The molecule has 2 aromatic rings. The number of benzene rings is 2. The van der Waals surface area contributed by atoms with E-state index in [-0.39, 0.29) is 11.8 Å². The van der Waals surface area contributed by atoms with E-state index >= 15 is 0 Å². The van der Waals surface area contributed by atoms with Gasteiger partial charge >= 0.3 is 0 Å². The van der Waals surface area contributed by atoms with Gasteiger partial charge in [0, 0.05) is 23.8 Å². The normalized spacial score (nSPS) is 17.9. The Hall–Kier alpha value is -1.84. The van der Waals surface area contributed by atoms with Gasteiger partial charge in [0.25, 0.3) is 0 Å². The number of halogens is 1. The molecule has 0 saturated carbocycles. The summed E-state index contributed by atoms with van der Waals surface area (Å²) in [5, 5.41) is 3.98. The van der Waals surface area contributed by atoms with Gasteiger partial charge in [-0.3, -0.25) is 9.69 Å². The molecule has 1 aliphatic rings. The van der Waals surface area contributed by atoms with E-state index in [1.165, 1.54) is 5.56 Å². The predicted octanol–water partition coefficient (Wildman–Crippen LogP) is 5.12. The van der Waals surface area contributed by atoms with Crippen LogP contribution < -0.4 is 5.32 Å². The molecule has 3 nitrogen and oxygen atoms in total. The molecule has 2 aromatic carbocycles. The smallest absolute Gasteiger partial charge is 0.228 e. The number of nitrogens with zero attached hydrogens (tertiary/aromatic N) is 1. The first-order valence-electron chi connectivity index (χ1n) is 9.28. The lowest BCUT2D eigenvalue weighted by molar-refractivity contribution is -0.121. The fourth-order valence-corrected chi connectivity index (χ4v) is 4.08. The number of rotatable bonds is 4. The third-order valence-electron chi connectivity index (χ3n) is 5.15. The van der Waals surface area contributed by atoms with Crippen molar-refractivity contribution in [3.8, 4) is 0 Å². The molecule has 0 radical (unpaired) electrons. The van der Waals surface area contributed by atoms with Crippen LogP contribution in [-0.2, 0) is 11.3 Å². The predicted molar refractivity (Wildman–Crippen MR) is 109 cm³/mol. The van der Waals surface area contributed by atoms with Crippen LogP contribution in [0.3, 0.4) is 0 Å². The van der Waals surface area contributed by atoms with Crippen LogP contribution in [0, 0.1) is 26.7 Å². The molecule has 1 fully saturated rings. The molecule has 0 unspecified atom stereocenters. The molecule has 0 aliphatic carbocycles.